The van der Waals surface area contributed by atoms with Crippen LogP contribution in [0, 0.1) is 12.8 Å². The molecule has 78 valence electrons. The molecule has 1 aromatic rings. The number of anilines is 2. The van der Waals surface area contributed by atoms with Gasteiger partial charge in [0, 0.05) is 6.04 Å². The lowest BCUT2D eigenvalue weighted by atomic mass is 10.1. The molecule has 1 aromatic carbocycles. The zero-order valence-electron chi connectivity index (χ0n) is 9.46. The highest BCUT2D eigenvalue weighted by atomic mass is 14.9. The summed E-state index contributed by atoms with van der Waals surface area (Å²) in [6.45, 7) is 8.64. The van der Waals surface area contributed by atoms with Crippen molar-refractivity contribution >= 4 is 11.4 Å². The minimum Gasteiger partial charge on any atom is -0.397 e. The SMILES string of the molecule is Cc1ccc(N)c(NC(C)C(C)C)c1. The molecule has 0 aliphatic heterocycles. The van der Waals surface area contributed by atoms with Crippen LogP contribution in [0.1, 0.15) is 26.3 Å². The van der Waals surface area contributed by atoms with Gasteiger partial charge in [-0.05, 0) is 37.5 Å². The average Bonchev–Trinajstić information content (AvgIpc) is 2.11. The van der Waals surface area contributed by atoms with Crippen LogP contribution in [0.5, 0.6) is 0 Å². The molecule has 1 rings (SSSR count). The van der Waals surface area contributed by atoms with Crippen molar-refractivity contribution in [1.29, 1.82) is 0 Å². The van der Waals surface area contributed by atoms with E-state index in [2.05, 4.69) is 39.1 Å². The van der Waals surface area contributed by atoms with Crippen molar-refractivity contribution in [2.24, 2.45) is 5.92 Å². The first-order chi connectivity index (χ1) is 6.50. The molecular weight excluding hydrogens is 172 g/mol. The van der Waals surface area contributed by atoms with Gasteiger partial charge in [-0.25, -0.2) is 0 Å². The number of hydrogen-bond acceptors (Lipinski definition) is 2. The summed E-state index contributed by atoms with van der Waals surface area (Å²) >= 11 is 0. The van der Waals surface area contributed by atoms with Gasteiger partial charge in [0.2, 0.25) is 0 Å². The first-order valence-corrected chi connectivity index (χ1v) is 5.13. The number of nitrogens with two attached hydrogens (primary N) is 1. The number of hydrogen-bond donors (Lipinski definition) is 2. The molecule has 3 N–H and O–H groups in total. The summed E-state index contributed by atoms with van der Waals surface area (Å²) in [6.07, 6.45) is 0. The van der Waals surface area contributed by atoms with E-state index in [1.807, 2.05) is 12.1 Å². The fourth-order valence-corrected chi connectivity index (χ4v) is 1.21. The van der Waals surface area contributed by atoms with Crippen molar-refractivity contribution in [3.05, 3.63) is 23.8 Å². The van der Waals surface area contributed by atoms with Crippen LogP contribution < -0.4 is 11.1 Å². The van der Waals surface area contributed by atoms with Gasteiger partial charge in [0.1, 0.15) is 0 Å². The van der Waals surface area contributed by atoms with Crippen LogP contribution in [0.4, 0.5) is 11.4 Å². The Hall–Kier alpha value is -1.18. The summed E-state index contributed by atoms with van der Waals surface area (Å²) in [5.41, 5.74) is 8.98. The van der Waals surface area contributed by atoms with E-state index in [1.54, 1.807) is 0 Å². The summed E-state index contributed by atoms with van der Waals surface area (Å²) in [5.74, 6) is 0.606. The van der Waals surface area contributed by atoms with Crippen LogP contribution in [-0.2, 0) is 0 Å². The number of nitrogen functional groups attached to an aromatic ring is 1. The maximum absolute atomic E-state index is 5.88. The quantitative estimate of drug-likeness (QED) is 0.722. The summed E-state index contributed by atoms with van der Waals surface area (Å²) < 4.78 is 0. The fourth-order valence-electron chi connectivity index (χ4n) is 1.21. The first kappa shape index (κ1) is 10.9. The van der Waals surface area contributed by atoms with Crippen LogP contribution >= 0.6 is 0 Å². The molecule has 0 spiro atoms. The third kappa shape index (κ3) is 2.66. The van der Waals surface area contributed by atoms with Crippen LogP contribution in [0.3, 0.4) is 0 Å². The fraction of sp³-hybridized carbons (Fsp3) is 0.500. The Kier molecular flexibility index (Phi) is 3.39. The second-order valence-corrected chi connectivity index (χ2v) is 4.27. The van der Waals surface area contributed by atoms with Crippen LogP contribution in [0.2, 0.25) is 0 Å². The predicted molar refractivity (Wildman–Crippen MR) is 63.5 cm³/mol. The van der Waals surface area contributed by atoms with Crippen molar-refractivity contribution in [2.75, 3.05) is 11.1 Å². The minimum absolute atomic E-state index is 0.444. The van der Waals surface area contributed by atoms with Gasteiger partial charge in [0.15, 0.2) is 0 Å². The third-order valence-corrected chi connectivity index (χ3v) is 2.59. The smallest absolute Gasteiger partial charge is 0.0578 e. The van der Waals surface area contributed by atoms with E-state index < -0.39 is 0 Å². The lowest BCUT2D eigenvalue weighted by Crippen LogP contribution is -2.22. The Labute approximate surface area is 86.5 Å². The second-order valence-electron chi connectivity index (χ2n) is 4.27. The van der Waals surface area contributed by atoms with E-state index in [0.717, 1.165) is 11.4 Å². The molecule has 0 amide bonds. The number of rotatable bonds is 3. The average molecular weight is 192 g/mol. The van der Waals surface area contributed by atoms with Gasteiger partial charge >= 0.3 is 0 Å². The van der Waals surface area contributed by atoms with E-state index >= 15 is 0 Å². The Morgan fingerprint density at radius 1 is 1.21 bits per heavy atom. The lowest BCUT2D eigenvalue weighted by Gasteiger charge is -2.20. The largest absolute Gasteiger partial charge is 0.397 e. The van der Waals surface area contributed by atoms with Gasteiger partial charge in [-0.15, -0.1) is 0 Å². The standard InChI is InChI=1S/C12H20N2/c1-8(2)10(4)14-12-7-9(3)5-6-11(12)13/h5-8,10,14H,13H2,1-4H3. The van der Waals surface area contributed by atoms with Crippen molar-refractivity contribution in [3.63, 3.8) is 0 Å². The maximum Gasteiger partial charge on any atom is 0.0578 e. The highest BCUT2D eigenvalue weighted by Crippen LogP contribution is 2.21. The molecule has 0 aromatic heterocycles. The van der Waals surface area contributed by atoms with Crippen LogP contribution in [0.15, 0.2) is 18.2 Å². The van der Waals surface area contributed by atoms with E-state index in [0.29, 0.717) is 12.0 Å². The molecule has 2 heteroatoms. The van der Waals surface area contributed by atoms with E-state index in [1.165, 1.54) is 5.56 Å². The molecule has 0 fully saturated rings. The molecule has 14 heavy (non-hydrogen) atoms. The van der Waals surface area contributed by atoms with Crippen molar-refractivity contribution in [3.8, 4) is 0 Å². The van der Waals surface area contributed by atoms with E-state index in [4.69, 9.17) is 5.73 Å². The van der Waals surface area contributed by atoms with Crippen molar-refractivity contribution in [1.82, 2.24) is 0 Å². The van der Waals surface area contributed by atoms with Gasteiger partial charge in [-0.2, -0.15) is 0 Å². The topological polar surface area (TPSA) is 38.0 Å². The Balaban J connectivity index is 2.80. The van der Waals surface area contributed by atoms with Crippen LogP contribution in [0.25, 0.3) is 0 Å². The predicted octanol–water partition coefficient (Wildman–Crippen LogP) is 3.03. The molecule has 0 radical (unpaired) electrons. The molecule has 0 aliphatic rings. The zero-order valence-corrected chi connectivity index (χ0v) is 9.46. The normalized spacial score (nSPS) is 12.9. The zero-order chi connectivity index (χ0) is 10.7. The van der Waals surface area contributed by atoms with Gasteiger partial charge in [-0.3, -0.25) is 0 Å². The van der Waals surface area contributed by atoms with Gasteiger partial charge in [0.05, 0.1) is 11.4 Å². The van der Waals surface area contributed by atoms with Crippen LogP contribution in [-0.4, -0.2) is 6.04 Å². The van der Waals surface area contributed by atoms with Gasteiger partial charge in [-0.1, -0.05) is 19.9 Å². The van der Waals surface area contributed by atoms with Gasteiger partial charge < -0.3 is 11.1 Å². The molecule has 0 bridgehead atoms. The van der Waals surface area contributed by atoms with E-state index in [-0.39, 0.29) is 0 Å². The van der Waals surface area contributed by atoms with E-state index in [9.17, 15) is 0 Å². The highest BCUT2D eigenvalue weighted by Gasteiger charge is 2.08. The molecular formula is C12H20N2. The number of benzene rings is 1. The second kappa shape index (κ2) is 4.36. The molecule has 0 aliphatic carbocycles. The van der Waals surface area contributed by atoms with Crippen molar-refractivity contribution in [2.45, 2.75) is 33.7 Å². The molecule has 0 saturated carbocycles. The molecule has 0 saturated heterocycles. The number of aryl methyl sites for hydroxylation is 1. The Morgan fingerprint density at radius 3 is 2.43 bits per heavy atom. The molecule has 2 nitrogen and oxygen atoms in total. The summed E-state index contributed by atoms with van der Waals surface area (Å²) in [5, 5.41) is 3.43. The Bertz CT molecular complexity index is 305. The maximum atomic E-state index is 5.88. The Morgan fingerprint density at radius 2 is 1.86 bits per heavy atom. The summed E-state index contributed by atoms with van der Waals surface area (Å²) in [4.78, 5) is 0. The lowest BCUT2D eigenvalue weighted by molar-refractivity contribution is 0.560. The monoisotopic (exact) mass is 192 g/mol. The van der Waals surface area contributed by atoms with Gasteiger partial charge in [0.25, 0.3) is 0 Å². The molecule has 0 heterocycles. The summed E-state index contributed by atoms with van der Waals surface area (Å²) in [7, 11) is 0. The third-order valence-electron chi connectivity index (χ3n) is 2.59. The number of nitrogens with one attached hydrogen (secondary N) is 1. The highest BCUT2D eigenvalue weighted by molar-refractivity contribution is 5.67. The first-order valence-electron chi connectivity index (χ1n) is 5.13. The molecule has 1 unspecified atom stereocenters. The van der Waals surface area contributed by atoms with Crippen molar-refractivity contribution < 1.29 is 0 Å². The summed E-state index contributed by atoms with van der Waals surface area (Å²) in [6, 6.07) is 6.51. The molecule has 1 atom stereocenters. The minimum atomic E-state index is 0.444.